The van der Waals surface area contributed by atoms with Gasteiger partial charge in [-0.3, -0.25) is 0 Å². The molecule has 0 bridgehead atoms. The first-order valence-corrected chi connectivity index (χ1v) is 5.79. The van der Waals surface area contributed by atoms with E-state index in [0.29, 0.717) is 13.2 Å². The lowest BCUT2D eigenvalue weighted by Gasteiger charge is -2.04. The molecule has 15 heavy (non-hydrogen) atoms. The Bertz CT molecular complexity index is 96.8. The molecule has 0 aliphatic carbocycles. The van der Waals surface area contributed by atoms with Gasteiger partial charge >= 0.3 is 0 Å². The average Bonchev–Trinajstić information content (AvgIpc) is 2.26. The summed E-state index contributed by atoms with van der Waals surface area (Å²) in [7, 11) is 0. The second kappa shape index (κ2) is 13.8. The van der Waals surface area contributed by atoms with Gasteiger partial charge in [-0.05, 0) is 32.1 Å². The molecule has 0 heterocycles. The van der Waals surface area contributed by atoms with E-state index in [9.17, 15) is 0 Å². The average molecular weight is 220 g/mol. The van der Waals surface area contributed by atoms with Crippen LogP contribution in [0.3, 0.4) is 0 Å². The van der Waals surface area contributed by atoms with Gasteiger partial charge in [-0.25, -0.2) is 0 Å². The highest BCUT2D eigenvalue weighted by molar-refractivity contribution is 4.42. The summed E-state index contributed by atoms with van der Waals surface area (Å²) in [6.07, 6.45) is 4.66. The first kappa shape index (κ1) is 14.8. The van der Waals surface area contributed by atoms with Crippen LogP contribution >= 0.6 is 0 Å². The Labute approximate surface area is 92.2 Å². The Kier molecular flexibility index (Phi) is 13.7. The normalized spacial score (nSPS) is 10.8. The molecular weight excluding hydrogens is 196 g/mol. The van der Waals surface area contributed by atoms with Crippen molar-refractivity contribution in [2.24, 2.45) is 0 Å². The summed E-state index contributed by atoms with van der Waals surface area (Å²) in [4.78, 5) is 0. The molecule has 0 aliphatic heterocycles. The molecule has 0 saturated heterocycles. The maximum absolute atomic E-state index is 8.50. The molecule has 0 aromatic rings. The smallest absolute Gasteiger partial charge is 0.0487 e. The summed E-state index contributed by atoms with van der Waals surface area (Å²) in [5, 5.41) is 17.0. The molecule has 2 N–H and O–H groups in total. The molecule has 0 radical (unpaired) electrons. The van der Waals surface area contributed by atoms with Crippen LogP contribution in [-0.2, 0) is 9.47 Å². The van der Waals surface area contributed by atoms with E-state index in [-0.39, 0.29) is 13.2 Å². The van der Waals surface area contributed by atoms with Crippen LogP contribution in [0.15, 0.2) is 0 Å². The third-order valence-electron chi connectivity index (χ3n) is 1.97. The van der Waals surface area contributed by atoms with Crippen molar-refractivity contribution in [1.82, 2.24) is 0 Å². The van der Waals surface area contributed by atoms with Gasteiger partial charge in [0.05, 0.1) is 0 Å². The van der Waals surface area contributed by atoms with Gasteiger partial charge in [0.15, 0.2) is 0 Å². The van der Waals surface area contributed by atoms with Crippen molar-refractivity contribution < 1.29 is 19.7 Å². The molecule has 92 valence electrons. The molecule has 0 spiro atoms. The molecule has 0 rings (SSSR count). The summed E-state index contributed by atoms with van der Waals surface area (Å²) in [5.41, 5.74) is 0. The van der Waals surface area contributed by atoms with Crippen molar-refractivity contribution in [2.45, 2.75) is 32.1 Å². The van der Waals surface area contributed by atoms with E-state index in [0.717, 1.165) is 45.3 Å². The van der Waals surface area contributed by atoms with Crippen LogP contribution in [0.2, 0.25) is 0 Å². The summed E-state index contributed by atoms with van der Waals surface area (Å²) in [5.74, 6) is 0. The van der Waals surface area contributed by atoms with Gasteiger partial charge in [0.25, 0.3) is 0 Å². The highest BCUT2D eigenvalue weighted by atomic mass is 16.5. The fourth-order valence-corrected chi connectivity index (χ4v) is 1.12. The Hall–Kier alpha value is -0.160. The van der Waals surface area contributed by atoms with Crippen LogP contribution in [0, 0.1) is 0 Å². The highest BCUT2D eigenvalue weighted by Crippen LogP contribution is 1.97. The van der Waals surface area contributed by atoms with E-state index in [2.05, 4.69) is 0 Å². The maximum Gasteiger partial charge on any atom is 0.0487 e. The van der Waals surface area contributed by atoms with Crippen LogP contribution in [0.5, 0.6) is 0 Å². The van der Waals surface area contributed by atoms with Gasteiger partial charge in [0.1, 0.15) is 0 Å². The summed E-state index contributed by atoms with van der Waals surface area (Å²) in [6, 6.07) is 0. The SMILES string of the molecule is OCCCOCCCCCOCCCO. The first-order chi connectivity index (χ1) is 7.41. The Balaban J connectivity index is 2.81. The molecule has 0 aliphatic rings. The largest absolute Gasteiger partial charge is 0.396 e. The van der Waals surface area contributed by atoms with Crippen LogP contribution in [0.1, 0.15) is 32.1 Å². The number of unbranched alkanes of at least 4 members (excludes halogenated alkanes) is 2. The van der Waals surface area contributed by atoms with Crippen molar-refractivity contribution in [1.29, 1.82) is 0 Å². The predicted octanol–water partition coefficient (Wildman–Crippen LogP) is 0.955. The Morgan fingerprint density at radius 2 is 0.933 bits per heavy atom. The standard InChI is InChI=1S/C11H24O4/c12-6-4-10-14-8-2-1-3-9-15-11-5-7-13/h12-13H,1-11H2. The van der Waals surface area contributed by atoms with Crippen molar-refractivity contribution >= 4 is 0 Å². The molecular formula is C11H24O4. The van der Waals surface area contributed by atoms with Crippen molar-refractivity contribution in [3.8, 4) is 0 Å². The van der Waals surface area contributed by atoms with E-state index >= 15 is 0 Å². The zero-order chi connectivity index (χ0) is 11.2. The first-order valence-electron chi connectivity index (χ1n) is 5.79. The van der Waals surface area contributed by atoms with E-state index in [1.165, 1.54) is 0 Å². The van der Waals surface area contributed by atoms with E-state index in [4.69, 9.17) is 19.7 Å². The highest BCUT2D eigenvalue weighted by Gasteiger charge is 1.91. The van der Waals surface area contributed by atoms with Crippen molar-refractivity contribution in [2.75, 3.05) is 39.6 Å². The number of aliphatic hydroxyl groups is 2. The quantitative estimate of drug-likeness (QED) is 0.481. The van der Waals surface area contributed by atoms with Gasteiger partial charge in [-0.1, -0.05) is 0 Å². The van der Waals surface area contributed by atoms with Crippen molar-refractivity contribution in [3.63, 3.8) is 0 Å². The van der Waals surface area contributed by atoms with Gasteiger partial charge in [0.2, 0.25) is 0 Å². The monoisotopic (exact) mass is 220 g/mol. The number of ether oxygens (including phenoxy) is 2. The Morgan fingerprint density at radius 3 is 1.33 bits per heavy atom. The molecule has 4 heteroatoms. The third-order valence-corrected chi connectivity index (χ3v) is 1.97. The zero-order valence-corrected chi connectivity index (χ0v) is 9.49. The van der Waals surface area contributed by atoms with E-state index < -0.39 is 0 Å². The number of rotatable bonds is 12. The third kappa shape index (κ3) is 13.8. The van der Waals surface area contributed by atoms with E-state index in [1.54, 1.807) is 0 Å². The second-order valence-corrected chi connectivity index (χ2v) is 3.44. The van der Waals surface area contributed by atoms with E-state index in [1.807, 2.05) is 0 Å². The van der Waals surface area contributed by atoms with Crippen LogP contribution in [0.4, 0.5) is 0 Å². The summed E-state index contributed by atoms with van der Waals surface area (Å²) >= 11 is 0. The zero-order valence-electron chi connectivity index (χ0n) is 9.49. The molecule has 0 atom stereocenters. The fourth-order valence-electron chi connectivity index (χ4n) is 1.12. The lowest BCUT2D eigenvalue weighted by atomic mass is 10.2. The van der Waals surface area contributed by atoms with Crippen LogP contribution in [-0.4, -0.2) is 49.9 Å². The van der Waals surface area contributed by atoms with Gasteiger partial charge in [0, 0.05) is 39.6 Å². The second-order valence-electron chi connectivity index (χ2n) is 3.44. The van der Waals surface area contributed by atoms with Crippen molar-refractivity contribution in [3.05, 3.63) is 0 Å². The fraction of sp³-hybridized carbons (Fsp3) is 1.00. The van der Waals surface area contributed by atoms with Gasteiger partial charge in [-0.15, -0.1) is 0 Å². The molecule has 0 fully saturated rings. The van der Waals surface area contributed by atoms with Gasteiger partial charge < -0.3 is 19.7 Å². The minimum Gasteiger partial charge on any atom is -0.396 e. The maximum atomic E-state index is 8.50. The minimum atomic E-state index is 0.207. The number of hydrogen-bond acceptors (Lipinski definition) is 4. The molecule has 4 nitrogen and oxygen atoms in total. The van der Waals surface area contributed by atoms with Gasteiger partial charge in [-0.2, -0.15) is 0 Å². The molecule has 0 aromatic heterocycles. The number of hydrogen-bond donors (Lipinski definition) is 2. The lowest BCUT2D eigenvalue weighted by molar-refractivity contribution is 0.0997. The topological polar surface area (TPSA) is 58.9 Å². The summed E-state index contributed by atoms with van der Waals surface area (Å²) in [6.45, 7) is 3.28. The minimum absolute atomic E-state index is 0.207. The number of aliphatic hydroxyl groups excluding tert-OH is 2. The lowest BCUT2D eigenvalue weighted by Crippen LogP contribution is -2.01. The molecule has 0 unspecified atom stereocenters. The van der Waals surface area contributed by atoms with Crippen LogP contribution in [0.25, 0.3) is 0 Å². The molecule has 0 saturated carbocycles. The molecule has 0 aromatic carbocycles. The predicted molar refractivity (Wildman–Crippen MR) is 58.9 cm³/mol. The molecule has 0 amide bonds. The van der Waals surface area contributed by atoms with Crippen LogP contribution < -0.4 is 0 Å². The Morgan fingerprint density at radius 1 is 0.533 bits per heavy atom. The summed E-state index contributed by atoms with van der Waals surface area (Å²) < 4.78 is 10.6.